The topological polar surface area (TPSA) is 29.9 Å². The molecule has 0 spiro atoms. The van der Waals surface area contributed by atoms with Gasteiger partial charge in [-0.15, -0.1) is 11.3 Å². The Morgan fingerprint density at radius 3 is 3.40 bits per heavy atom. The Balaban J connectivity index is 1.89. The van der Waals surface area contributed by atoms with Crippen LogP contribution in [0.5, 0.6) is 0 Å². The van der Waals surface area contributed by atoms with E-state index in [2.05, 4.69) is 27.1 Å². The van der Waals surface area contributed by atoms with E-state index in [1.54, 1.807) is 11.3 Å². The van der Waals surface area contributed by atoms with E-state index < -0.39 is 0 Å². The van der Waals surface area contributed by atoms with Crippen molar-refractivity contribution in [3.05, 3.63) is 40.1 Å². The summed E-state index contributed by atoms with van der Waals surface area (Å²) in [4.78, 5) is 5.45. The van der Waals surface area contributed by atoms with E-state index >= 15 is 0 Å². The molecule has 15 heavy (non-hydrogen) atoms. The number of thiazole rings is 1. The van der Waals surface area contributed by atoms with E-state index in [4.69, 9.17) is 0 Å². The minimum atomic E-state index is 1.00. The zero-order valence-electron chi connectivity index (χ0n) is 8.44. The lowest BCUT2D eigenvalue weighted by molar-refractivity contribution is 0.514. The van der Waals surface area contributed by atoms with Crippen LogP contribution in [-0.2, 0) is 19.5 Å². The average molecular weight is 219 g/mol. The van der Waals surface area contributed by atoms with Gasteiger partial charge in [-0.05, 0) is 11.6 Å². The van der Waals surface area contributed by atoms with Crippen molar-refractivity contribution in [2.24, 2.45) is 0 Å². The largest absolute Gasteiger partial charge is 0.349 e. The molecule has 0 saturated heterocycles. The summed E-state index contributed by atoms with van der Waals surface area (Å²) < 4.78 is 2.35. The Morgan fingerprint density at radius 2 is 2.53 bits per heavy atom. The van der Waals surface area contributed by atoms with Crippen LogP contribution in [0.25, 0.3) is 0 Å². The Hall–Kier alpha value is -1.13. The molecule has 0 aliphatic carbocycles. The monoisotopic (exact) mass is 219 g/mol. The molecule has 3 heterocycles. The molecule has 3 nitrogen and oxygen atoms in total. The van der Waals surface area contributed by atoms with Crippen molar-refractivity contribution in [1.29, 1.82) is 0 Å². The standard InChI is InChI=1S/C11H13N3S/c1-3-14-4-2-12-7-11(14)9(1)5-10-6-13-8-15-10/h1,3,6,8,12H,2,4-5,7H2. The Labute approximate surface area is 92.8 Å². The van der Waals surface area contributed by atoms with E-state index in [0.717, 1.165) is 26.1 Å². The first-order valence-corrected chi connectivity index (χ1v) is 6.06. The number of rotatable bonds is 2. The third-order valence-electron chi connectivity index (χ3n) is 2.84. The van der Waals surface area contributed by atoms with Crippen molar-refractivity contribution in [1.82, 2.24) is 14.9 Å². The molecule has 4 heteroatoms. The van der Waals surface area contributed by atoms with Gasteiger partial charge in [0.2, 0.25) is 0 Å². The van der Waals surface area contributed by atoms with Gasteiger partial charge in [-0.25, -0.2) is 0 Å². The summed E-state index contributed by atoms with van der Waals surface area (Å²) in [5.74, 6) is 0. The summed E-state index contributed by atoms with van der Waals surface area (Å²) in [5, 5.41) is 3.41. The molecule has 1 aliphatic heterocycles. The lowest BCUT2D eigenvalue weighted by Gasteiger charge is -2.17. The fraction of sp³-hybridized carbons (Fsp3) is 0.364. The normalized spacial score (nSPS) is 15.2. The van der Waals surface area contributed by atoms with Crippen molar-refractivity contribution in [3.8, 4) is 0 Å². The highest BCUT2D eigenvalue weighted by Gasteiger charge is 2.12. The van der Waals surface area contributed by atoms with Gasteiger partial charge in [-0.3, -0.25) is 4.98 Å². The highest BCUT2D eigenvalue weighted by atomic mass is 32.1. The second kappa shape index (κ2) is 3.79. The molecule has 0 radical (unpaired) electrons. The van der Waals surface area contributed by atoms with Gasteiger partial charge in [0.15, 0.2) is 0 Å². The fourth-order valence-corrected chi connectivity index (χ4v) is 2.68. The molecule has 0 amide bonds. The smallest absolute Gasteiger partial charge is 0.0794 e. The predicted octanol–water partition coefficient (Wildman–Crippen LogP) is 1.64. The third kappa shape index (κ3) is 1.70. The minimum Gasteiger partial charge on any atom is -0.349 e. The molecular formula is C11H13N3S. The minimum absolute atomic E-state index is 1.00. The molecule has 78 valence electrons. The third-order valence-corrected chi connectivity index (χ3v) is 3.62. The van der Waals surface area contributed by atoms with Crippen LogP contribution < -0.4 is 5.32 Å². The maximum atomic E-state index is 4.11. The van der Waals surface area contributed by atoms with Crippen molar-refractivity contribution in [2.75, 3.05) is 6.54 Å². The molecule has 0 atom stereocenters. The van der Waals surface area contributed by atoms with Gasteiger partial charge >= 0.3 is 0 Å². The van der Waals surface area contributed by atoms with Crippen LogP contribution in [0.3, 0.4) is 0 Å². The van der Waals surface area contributed by atoms with Gasteiger partial charge in [-0.1, -0.05) is 0 Å². The number of hydrogen-bond donors (Lipinski definition) is 1. The SMILES string of the molecule is c1ncc(Cc2ccn3c2CNCC3)s1. The van der Waals surface area contributed by atoms with Crippen LogP contribution in [0.4, 0.5) is 0 Å². The van der Waals surface area contributed by atoms with Crippen molar-refractivity contribution in [2.45, 2.75) is 19.5 Å². The van der Waals surface area contributed by atoms with E-state index in [0.29, 0.717) is 0 Å². The van der Waals surface area contributed by atoms with Crippen LogP contribution >= 0.6 is 11.3 Å². The van der Waals surface area contributed by atoms with Gasteiger partial charge in [0, 0.05) is 49.0 Å². The molecule has 2 aromatic heterocycles. The Kier molecular flexibility index (Phi) is 2.31. The fourth-order valence-electron chi connectivity index (χ4n) is 2.06. The van der Waals surface area contributed by atoms with Crippen molar-refractivity contribution < 1.29 is 0 Å². The van der Waals surface area contributed by atoms with Crippen LogP contribution in [0, 0.1) is 0 Å². The van der Waals surface area contributed by atoms with Crippen LogP contribution in [0.15, 0.2) is 24.0 Å². The quantitative estimate of drug-likeness (QED) is 0.832. The van der Waals surface area contributed by atoms with E-state index in [-0.39, 0.29) is 0 Å². The molecular weight excluding hydrogens is 206 g/mol. The summed E-state index contributed by atoms with van der Waals surface area (Å²) in [5.41, 5.74) is 4.77. The van der Waals surface area contributed by atoms with Gasteiger partial charge in [0.25, 0.3) is 0 Å². The molecule has 1 N–H and O–H groups in total. The highest BCUT2D eigenvalue weighted by molar-refractivity contribution is 7.09. The first-order chi connectivity index (χ1) is 7.43. The number of hydrogen-bond acceptors (Lipinski definition) is 3. The van der Waals surface area contributed by atoms with Crippen molar-refractivity contribution in [3.63, 3.8) is 0 Å². The number of nitrogens with one attached hydrogen (secondary N) is 1. The molecule has 3 rings (SSSR count). The molecule has 1 aliphatic rings. The molecule has 2 aromatic rings. The molecule has 0 fully saturated rings. The highest BCUT2D eigenvalue weighted by Crippen LogP contribution is 2.19. The Bertz CT molecular complexity index is 444. The number of nitrogens with zero attached hydrogens (tertiary/aromatic N) is 2. The van der Waals surface area contributed by atoms with Crippen LogP contribution in [-0.4, -0.2) is 16.1 Å². The predicted molar refractivity (Wildman–Crippen MR) is 61.1 cm³/mol. The maximum absolute atomic E-state index is 4.11. The number of aromatic nitrogens is 2. The zero-order chi connectivity index (χ0) is 10.1. The second-order valence-electron chi connectivity index (χ2n) is 3.80. The first-order valence-electron chi connectivity index (χ1n) is 5.18. The van der Waals surface area contributed by atoms with E-state index in [1.165, 1.54) is 16.1 Å². The molecule has 0 aromatic carbocycles. The van der Waals surface area contributed by atoms with Crippen molar-refractivity contribution >= 4 is 11.3 Å². The summed E-state index contributed by atoms with van der Waals surface area (Å²) in [6, 6.07) is 2.24. The van der Waals surface area contributed by atoms with Gasteiger partial charge in [0.1, 0.15) is 0 Å². The second-order valence-corrected chi connectivity index (χ2v) is 4.77. The lowest BCUT2D eigenvalue weighted by atomic mass is 10.1. The summed E-state index contributed by atoms with van der Waals surface area (Å²) in [6.45, 7) is 3.18. The van der Waals surface area contributed by atoms with Crippen LogP contribution in [0.1, 0.15) is 16.1 Å². The van der Waals surface area contributed by atoms with Gasteiger partial charge in [-0.2, -0.15) is 0 Å². The molecule has 0 saturated carbocycles. The maximum Gasteiger partial charge on any atom is 0.0794 e. The zero-order valence-corrected chi connectivity index (χ0v) is 9.26. The molecule has 0 bridgehead atoms. The van der Waals surface area contributed by atoms with Gasteiger partial charge < -0.3 is 9.88 Å². The van der Waals surface area contributed by atoms with Crippen LogP contribution in [0.2, 0.25) is 0 Å². The average Bonchev–Trinajstić information content (AvgIpc) is 2.89. The van der Waals surface area contributed by atoms with E-state index in [1.807, 2.05) is 11.7 Å². The van der Waals surface area contributed by atoms with Gasteiger partial charge in [0.05, 0.1) is 5.51 Å². The van der Waals surface area contributed by atoms with E-state index in [9.17, 15) is 0 Å². The summed E-state index contributed by atoms with van der Waals surface area (Å²) in [7, 11) is 0. The molecule has 0 unspecified atom stereocenters. The lowest BCUT2D eigenvalue weighted by Crippen LogP contribution is -2.28. The summed E-state index contributed by atoms with van der Waals surface area (Å²) >= 11 is 1.73. The first kappa shape index (κ1) is 9.12. The Morgan fingerprint density at radius 1 is 1.53 bits per heavy atom. The summed E-state index contributed by atoms with van der Waals surface area (Å²) in [6.07, 6.45) is 5.19. The number of fused-ring (bicyclic) bond motifs is 1.